The molecule has 1 aromatic heterocycles. The van der Waals surface area contributed by atoms with Crippen LogP contribution in [0.25, 0.3) is 42.4 Å². The summed E-state index contributed by atoms with van der Waals surface area (Å²) < 4.78 is 2.58. The van der Waals surface area contributed by atoms with Crippen LogP contribution in [-0.4, -0.2) is 11.7 Å². The van der Waals surface area contributed by atoms with E-state index in [9.17, 15) is 0 Å². The van der Waals surface area contributed by atoms with Gasteiger partial charge in [0.05, 0.1) is 6.04 Å². The minimum Gasteiger partial charge on any atom is -0.383 e. The monoisotopic (exact) mass is 769 g/mol. The fourth-order valence-corrected chi connectivity index (χ4v) is 10.8. The molecule has 0 amide bonds. The summed E-state index contributed by atoms with van der Waals surface area (Å²) in [6, 6.07) is 60.1. The van der Waals surface area contributed by atoms with Gasteiger partial charge < -0.3 is 5.73 Å². The van der Waals surface area contributed by atoms with Crippen LogP contribution in [0, 0.1) is 0 Å². The van der Waals surface area contributed by atoms with Gasteiger partial charge in [-0.2, -0.15) is 0 Å². The number of hydrogen-bond donors (Lipinski definition) is 1. The maximum atomic E-state index is 6.75. The zero-order valence-electron chi connectivity index (χ0n) is 31.4. The number of hydrogen-bond acceptors (Lipinski definition) is 3. The van der Waals surface area contributed by atoms with Crippen molar-refractivity contribution in [3.63, 3.8) is 0 Å². The minimum atomic E-state index is -0.256. The van der Waals surface area contributed by atoms with E-state index >= 15 is 0 Å². The van der Waals surface area contributed by atoms with Gasteiger partial charge in [-0.15, -0.1) is 11.3 Å². The number of fused-ring (bicyclic) bond motifs is 6. The molecule has 0 spiro atoms. The number of rotatable bonds is 7. The highest BCUT2D eigenvalue weighted by Crippen LogP contribution is 2.56. The molecule has 1 aliphatic heterocycles. The van der Waals surface area contributed by atoms with Gasteiger partial charge in [0.15, 0.2) is 5.84 Å². The maximum absolute atomic E-state index is 6.75. The van der Waals surface area contributed by atoms with Crippen LogP contribution in [0.4, 0.5) is 0 Å². The van der Waals surface area contributed by atoms with Crippen LogP contribution in [0.5, 0.6) is 0 Å². The van der Waals surface area contributed by atoms with Crippen molar-refractivity contribution in [1.82, 2.24) is 0 Å². The quantitative estimate of drug-likeness (QED) is 0.130. The molecule has 274 valence electrons. The van der Waals surface area contributed by atoms with E-state index in [1.807, 2.05) is 59.5 Å². The topological polar surface area (TPSA) is 50.7 Å². The molecule has 3 unspecified atom stereocenters. The Morgan fingerprint density at radius 3 is 2.21 bits per heavy atom. The van der Waals surface area contributed by atoms with Crippen molar-refractivity contribution in [2.24, 2.45) is 15.7 Å². The van der Waals surface area contributed by atoms with Gasteiger partial charge in [0.25, 0.3) is 0 Å². The maximum Gasteiger partial charge on any atom is 0.157 e. The summed E-state index contributed by atoms with van der Waals surface area (Å²) in [4.78, 5) is 13.3. The molecule has 2 aliphatic rings. The van der Waals surface area contributed by atoms with E-state index in [2.05, 4.69) is 159 Å². The van der Waals surface area contributed by atoms with Crippen molar-refractivity contribution in [2.45, 2.75) is 29.7 Å². The Morgan fingerprint density at radius 2 is 1.37 bits per heavy atom. The number of thiophene rings is 1. The second kappa shape index (κ2) is 15.0. The molecule has 0 radical (unpaired) electrons. The van der Waals surface area contributed by atoms with E-state index in [4.69, 9.17) is 15.7 Å². The Balaban J connectivity index is 1.14. The molecule has 0 bridgehead atoms. The standard InChI is InChI=1S/C52H39N3S2/c1-33(54-52(55-51(53)36-16-6-3-7-17-36)37-28-26-35(27-29-37)34-14-4-2-5-15-34)45-32-38(39-20-13-25-48-49(39)44-19-9-11-24-47(44)56-48)30-31-40(45)42-21-12-22-43-41-18-8-10-23-46(41)57-50(42)43/h2-33,39,49H,1H3,(H2,53,54,55). The van der Waals surface area contributed by atoms with Crippen molar-refractivity contribution >= 4 is 54.9 Å². The Kier molecular flexibility index (Phi) is 9.25. The van der Waals surface area contributed by atoms with Crippen LogP contribution in [-0.2, 0) is 0 Å². The van der Waals surface area contributed by atoms with Gasteiger partial charge in [0, 0.05) is 48.0 Å². The molecule has 2 heterocycles. The molecule has 0 saturated carbocycles. The van der Waals surface area contributed by atoms with E-state index in [-0.39, 0.29) is 17.9 Å². The summed E-state index contributed by atoms with van der Waals surface area (Å²) in [6.07, 6.45) is 6.91. The zero-order chi connectivity index (χ0) is 38.3. The summed E-state index contributed by atoms with van der Waals surface area (Å²) >= 11 is 3.77. The van der Waals surface area contributed by atoms with Crippen LogP contribution in [0.2, 0.25) is 0 Å². The number of benzene rings is 7. The Hall–Kier alpha value is -6.27. The number of allylic oxidation sites excluding steroid dienone is 4. The predicted octanol–water partition coefficient (Wildman–Crippen LogP) is 13.7. The summed E-state index contributed by atoms with van der Waals surface area (Å²) in [5.41, 5.74) is 17.1. The fraction of sp³-hybridized carbons (Fsp3) is 0.0769. The lowest BCUT2D eigenvalue weighted by Crippen LogP contribution is -2.16. The third-order valence-corrected chi connectivity index (χ3v) is 13.6. The Bertz CT molecular complexity index is 2900. The average Bonchev–Trinajstić information content (AvgIpc) is 3.85. The largest absolute Gasteiger partial charge is 0.383 e. The first-order valence-corrected chi connectivity index (χ1v) is 21.1. The van der Waals surface area contributed by atoms with Crippen LogP contribution in [0.3, 0.4) is 0 Å². The average molecular weight is 770 g/mol. The highest BCUT2D eigenvalue weighted by molar-refractivity contribution is 8.03. The second-order valence-electron chi connectivity index (χ2n) is 14.7. The van der Waals surface area contributed by atoms with Crippen molar-refractivity contribution < 1.29 is 0 Å². The third-order valence-electron chi connectivity index (χ3n) is 11.2. The third kappa shape index (κ3) is 6.63. The molecular weight excluding hydrogens is 731 g/mol. The van der Waals surface area contributed by atoms with Gasteiger partial charge in [-0.05, 0) is 62.9 Å². The van der Waals surface area contributed by atoms with Gasteiger partial charge in [0.1, 0.15) is 5.84 Å². The SMILES string of the molecule is CC(/N=C(\N=C(/N)c1ccccc1)c1ccc(-c2ccccc2)cc1)c1cc(C2C=CC=C3Sc4ccccc4C32)ccc1-c1cccc2c1sc1ccccc12. The molecule has 0 saturated heterocycles. The molecule has 5 heteroatoms. The summed E-state index contributed by atoms with van der Waals surface area (Å²) in [5, 5.41) is 2.57. The molecule has 3 nitrogen and oxygen atoms in total. The van der Waals surface area contributed by atoms with Crippen molar-refractivity contribution in [3.05, 3.63) is 221 Å². The van der Waals surface area contributed by atoms with E-state index in [1.165, 1.54) is 52.2 Å². The lowest BCUT2D eigenvalue weighted by Gasteiger charge is -2.27. The first kappa shape index (κ1) is 35.2. The van der Waals surface area contributed by atoms with E-state index in [0.717, 1.165) is 27.8 Å². The summed E-state index contributed by atoms with van der Waals surface area (Å²) in [7, 11) is 0. The molecule has 0 fully saturated rings. The van der Waals surface area contributed by atoms with Gasteiger partial charge in [-0.1, -0.05) is 188 Å². The number of amidine groups is 2. The lowest BCUT2D eigenvalue weighted by molar-refractivity contribution is 0.715. The highest BCUT2D eigenvalue weighted by atomic mass is 32.2. The highest BCUT2D eigenvalue weighted by Gasteiger charge is 2.35. The zero-order valence-corrected chi connectivity index (χ0v) is 33.1. The first-order valence-electron chi connectivity index (χ1n) is 19.4. The number of nitrogens with zero attached hydrogens (tertiary/aromatic N) is 2. The summed E-state index contributed by atoms with van der Waals surface area (Å²) in [5.74, 6) is 1.52. The van der Waals surface area contributed by atoms with Crippen molar-refractivity contribution in [3.8, 4) is 22.3 Å². The van der Waals surface area contributed by atoms with Gasteiger partial charge in [-0.3, -0.25) is 4.99 Å². The number of aliphatic imine (C=N–C) groups is 2. The van der Waals surface area contributed by atoms with E-state index in [0.29, 0.717) is 11.7 Å². The van der Waals surface area contributed by atoms with Crippen molar-refractivity contribution in [2.75, 3.05) is 0 Å². The fourth-order valence-electron chi connectivity index (χ4n) is 8.36. The molecule has 7 aromatic carbocycles. The van der Waals surface area contributed by atoms with E-state index < -0.39 is 0 Å². The molecule has 10 rings (SSSR count). The number of nitrogens with two attached hydrogens (primary N) is 1. The first-order chi connectivity index (χ1) is 28.1. The molecule has 57 heavy (non-hydrogen) atoms. The summed E-state index contributed by atoms with van der Waals surface area (Å²) in [6.45, 7) is 2.20. The van der Waals surface area contributed by atoms with Crippen LogP contribution in [0.1, 0.15) is 52.6 Å². The van der Waals surface area contributed by atoms with Gasteiger partial charge in [-0.25, -0.2) is 4.99 Å². The molecule has 8 aromatic rings. The van der Waals surface area contributed by atoms with Crippen LogP contribution in [0.15, 0.2) is 208 Å². The normalized spacial score (nSPS) is 17.0. The minimum absolute atomic E-state index is 0.196. The van der Waals surface area contributed by atoms with Gasteiger partial charge in [0.2, 0.25) is 0 Å². The Morgan fingerprint density at radius 1 is 0.649 bits per heavy atom. The smallest absolute Gasteiger partial charge is 0.157 e. The van der Waals surface area contributed by atoms with Crippen molar-refractivity contribution in [1.29, 1.82) is 0 Å². The molecular formula is C52H39N3S2. The molecule has 3 atom stereocenters. The second-order valence-corrected chi connectivity index (χ2v) is 16.8. The van der Waals surface area contributed by atoms with E-state index in [1.54, 1.807) is 0 Å². The van der Waals surface area contributed by atoms with Crippen LogP contribution >= 0.6 is 23.1 Å². The molecule has 2 N–H and O–H groups in total. The van der Waals surface area contributed by atoms with Crippen LogP contribution < -0.4 is 5.73 Å². The lowest BCUT2D eigenvalue weighted by atomic mass is 9.77. The number of thioether (sulfide) groups is 1. The molecule has 1 aliphatic carbocycles. The van der Waals surface area contributed by atoms with Gasteiger partial charge >= 0.3 is 0 Å². The Labute approximate surface area is 341 Å². The predicted molar refractivity (Wildman–Crippen MR) is 244 cm³/mol.